The molecule has 1 aromatic heterocycles. The molecule has 1 atom stereocenters. The van der Waals surface area contributed by atoms with Gasteiger partial charge in [0, 0.05) is 31.7 Å². The van der Waals surface area contributed by atoms with Gasteiger partial charge in [-0.2, -0.15) is 0 Å². The summed E-state index contributed by atoms with van der Waals surface area (Å²) in [7, 11) is 1.93. The molecule has 0 spiro atoms. The summed E-state index contributed by atoms with van der Waals surface area (Å²) in [6.07, 6.45) is 4.72. The van der Waals surface area contributed by atoms with E-state index in [1.165, 1.54) is 5.56 Å². The topological polar surface area (TPSA) is 46.9 Å². The van der Waals surface area contributed by atoms with Gasteiger partial charge in [0.15, 0.2) is 0 Å². The van der Waals surface area contributed by atoms with Crippen molar-refractivity contribution in [1.29, 1.82) is 0 Å². The van der Waals surface area contributed by atoms with Crippen molar-refractivity contribution in [2.75, 3.05) is 5.88 Å². The Bertz CT molecular complexity index is 592. The lowest BCUT2D eigenvalue weighted by Crippen LogP contribution is -2.31. The van der Waals surface area contributed by atoms with Crippen LogP contribution in [0.25, 0.3) is 0 Å². The Labute approximate surface area is 130 Å². The number of imidazole rings is 1. The smallest absolute Gasteiger partial charge is 0.220 e. The second-order valence-corrected chi connectivity index (χ2v) is 5.48. The van der Waals surface area contributed by atoms with Crippen LogP contribution >= 0.6 is 11.6 Å². The molecule has 5 heteroatoms. The summed E-state index contributed by atoms with van der Waals surface area (Å²) >= 11 is 5.64. The summed E-state index contributed by atoms with van der Waals surface area (Å²) in [5, 5.41) is 3.05. The van der Waals surface area contributed by atoms with Crippen LogP contribution in [0.5, 0.6) is 0 Å². The highest BCUT2D eigenvalue weighted by atomic mass is 35.5. The van der Waals surface area contributed by atoms with Crippen molar-refractivity contribution < 1.29 is 4.79 Å². The largest absolute Gasteiger partial charge is 0.342 e. The molecule has 1 N–H and O–H groups in total. The van der Waals surface area contributed by atoms with E-state index in [9.17, 15) is 4.79 Å². The van der Waals surface area contributed by atoms with Gasteiger partial charge in [-0.25, -0.2) is 4.98 Å². The van der Waals surface area contributed by atoms with Crippen molar-refractivity contribution in [3.63, 3.8) is 0 Å². The molecule has 0 saturated heterocycles. The zero-order valence-corrected chi connectivity index (χ0v) is 13.1. The van der Waals surface area contributed by atoms with Crippen LogP contribution in [0.2, 0.25) is 0 Å². The maximum absolute atomic E-state index is 12.1. The maximum Gasteiger partial charge on any atom is 0.220 e. The van der Waals surface area contributed by atoms with Crippen LogP contribution in [0.4, 0.5) is 0 Å². The highest BCUT2D eigenvalue weighted by Crippen LogP contribution is 2.21. The normalized spacial score (nSPS) is 12.1. The van der Waals surface area contributed by atoms with E-state index in [0.717, 1.165) is 11.4 Å². The van der Waals surface area contributed by atoms with E-state index in [1.54, 1.807) is 6.20 Å². The minimum Gasteiger partial charge on any atom is -0.342 e. The first-order valence-corrected chi connectivity index (χ1v) is 7.54. The maximum atomic E-state index is 12.1. The van der Waals surface area contributed by atoms with Crippen molar-refractivity contribution in [2.45, 2.75) is 25.8 Å². The average Bonchev–Trinajstić information content (AvgIpc) is 2.89. The van der Waals surface area contributed by atoms with Gasteiger partial charge >= 0.3 is 0 Å². The standard InChI is InChI=1S/C16H20ClN3O/c1-12-5-7-13(8-6-12)15(16-18-10-11-20(16)2)19-14(21)4-3-9-17/h5-8,10-11,15H,3-4,9H2,1-2H3,(H,19,21). The minimum absolute atomic E-state index is 0.00998. The van der Waals surface area contributed by atoms with Gasteiger partial charge < -0.3 is 9.88 Å². The van der Waals surface area contributed by atoms with E-state index >= 15 is 0 Å². The van der Waals surface area contributed by atoms with E-state index in [4.69, 9.17) is 11.6 Å². The summed E-state index contributed by atoms with van der Waals surface area (Å²) < 4.78 is 1.92. The number of carbonyl (C=O) groups excluding carboxylic acids is 1. The fourth-order valence-corrected chi connectivity index (χ4v) is 2.31. The van der Waals surface area contributed by atoms with Crippen LogP contribution in [0.3, 0.4) is 0 Å². The number of nitrogens with one attached hydrogen (secondary N) is 1. The summed E-state index contributed by atoms with van der Waals surface area (Å²) in [6.45, 7) is 2.04. The van der Waals surface area contributed by atoms with Gasteiger partial charge in [0.1, 0.15) is 11.9 Å². The number of carbonyl (C=O) groups is 1. The van der Waals surface area contributed by atoms with E-state index in [0.29, 0.717) is 18.7 Å². The first-order valence-electron chi connectivity index (χ1n) is 7.01. The van der Waals surface area contributed by atoms with Gasteiger partial charge in [-0.3, -0.25) is 4.79 Å². The Hall–Kier alpha value is -1.81. The summed E-state index contributed by atoms with van der Waals surface area (Å²) in [5.41, 5.74) is 2.21. The van der Waals surface area contributed by atoms with Crippen LogP contribution in [0.15, 0.2) is 36.7 Å². The predicted octanol–water partition coefficient (Wildman–Crippen LogP) is 2.95. The third kappa shape index (κ3) is 4.08. The van der Waals surface area contributed by atoms with Crippen LogP contribution < -0.4 is 5.32 Å². The van der Waals surface area contributed by atoms with Crippen LogP contribution in [0, 0.1) is 6.92 Å². The molecule has 4 nitrogen and oxygen atoms in total. The lowest BCUT2D eigenvalue weighted by Gasteiger charge is -2.19. The zero-order valence-electron chi connectivity index (χ0n) is 12.3. The number of hydrogen-bond acceptors (Lipinski definition) is 2. The molecule has 112 valence electrons. The number of amides is 1. The third-order valence-electron chi connectivity index (χ3n) is 3.37. The molecule has 1 unspecified atom stereocenters. The zero-order chi connectivity index (χ0) is 15.2. The Morgan fingerprint density at radius 3 is 2.67 bits per heavy atom. The first-order chi connectivity index (χ1) is 10.1. The highest BCUT2D eigenvalue weighted by molar-refractivity contribution is 6.17. The number of nitrogens with zero attached hydrogens (tertiary/aromatic N) is 2. The fraction of sp³-hybridized carbons (Fsp3) is 0.375. The van der Waals surface area contributed by atoms with E-state index in [1.807, 2.05) is 49.0 Å². The molecule has 1 aromatic carbocycles. The monoisotopic (exact) mass is 305 g/mol. The van der Waals surface area contributed by atoms with Crippen LogP contribution in [0.1, 0.15) is 35.8 Å². The molecule has 21 heavy (non-hydrogen) atoms. The Kier molecular flexibility index (Phi) is 5.39. The molecule has 1 heterocycles. The number of rotatable bonds is 6. The fourth-order valence-electron chi connectivity index (χ4n) is 2.17. The molecule has 2 aromatic rings. The molecule has 0 aliphatic heterocycles. The molecule has 0 aliphatic rings. The first kappa shape index (κ1) is 15.6. The number of alkyl halides is 1. The van der Waals surface area contributed by atoms with Gasteiger partial charge in [0.05, 0.1) is 0 Å². The number of aromatic nitrogens is 2. The van der Waals surface area contributed by atoms with E-state index < -0.39 is 0 Å². The van der Waals surface area contributed by atoms with E-state index in [-0.39, 0.29) is 11.9 Å². The van der Waals surface area contributed by atoms with Crippen molar-refractivity contribution in [3.05, 3.63) is 53.6 Å². The number of benzene rings is 1. The molecule has 0 aliphatic carbocycles. The molecular formula is C16H20ClN3O. The van der Waals surface area contributed by atoms with Crippen molar-refractivity contribution in [2.24, 2.45) is 7.05 Å². The van der Waals surface area contributed by atoms with Crippen molar-refractivity contribution >= 4 is 17.5 Å². The summed E-state index contributed by atoms with van der Waals surface area (Å²) in [5.74, 6) is 1.30. The predicted molar refractivity (Wildman–Crippen MR) is 84.3 cm³/mol. The lowest BCUT2D eigenvalue weighted by molar-refractivity contribution is -0.121. The number of aryl methyl sites for hydroxylation is 2. The summed E-state index contributed by atoms with van der Waals surface area (Å²) in [6, 6.07) is 7.88. The minimum atomic E-state index is -0.242. The highest BCUT2D eigenvalue weighted by Gasteiger charge is 2.20. The number of halogens is 1. The Balaban J connectivity index is 2.25. The SMILES string of the molecule is Cc1ccc(C(NC(=O)CCCCl)c2nccn2C)cc1. The van der Waals surface area contributed by atoms with Gasteiger partial charge in [-0.05, 0) is 18.9 Å². The van der Waals surface area contributed by atoms with E-state index in [2.05, 4.69) is 10.3 Å². The molecular weight excluding hydrogens is 286 g/mol. The van der Waals surface area contributed by atoms with Crippen molar-refractivity contribution in [1.82, 2.24) is 14.9 Å². The second kappa shape index (κ2) is 7.27. The lowest BCUT2D eigenvalue weighted by atomic mass is 10.0. The Morgan fingerprint density at radius 1 is 1.38 bits per heavy atom. The Morgan fingerprint density at radius 2 is 2.10 bits per heavy atom. The van der Waals surface area contributed by atoms with Gasteiger partial charge in [0.25, 0.3) is 0 Å². The average molecular weight is 306 g/mol. The second-order valence-electron chi connectivity index (χ2n) is 5.10. The quantitative estimate of drug-likeness (QED) is 0.834. The molecule has 0 saturated carbocycles. The summed E-state index contributed by atoms with van der Waals surface area (Å²) in [4.78, 5) is 16.4. The molecule has 1 amide bonds. The van der Waals surface area contributed by atoms with Gasteiger partial charge in [0.2, 0.25) is 5.91 Å². The van der Waals surface area contributed by atoms with Gasteiger partial charge in [-0.15, -0.1) is 11.6 Å². The number of hydrogen-bond donors (Lipinski definition) is 1. The molecule has 2 rings (SSSR count). The van der Waals surface area contributed by atoms with Gasteiger partial charge in [-0.1, -0.05) is 29.8 Å². The molecule has 0 bridgehead atoms. The van der Waals surface area contributed by atoms with Crippen molar-refractivity contribution in [3.8, 4) is 0 Å². The molecule has 0 fully saturated rings. The molecule has 0 radical (unpaired) electrons. The third-order valence-corrected chi connectivity index (χ3v) is 3.64. The van der Waals surface area contributed by atoms with Crippen LogP contribution in [-0.2, 0) is 11.8 Å². The van der Waals surface area contributed by atoms with Crippen LogP contribution in [-0.4, -0.2) is 21.3 Å².